The van der Waals surface area contributed by atoms with Crippen molar-refractivity contribution in [1.82, 2.24) is 0 Å². The number of aliphatic hydroxyl groups excluding tert-OH is 1. The molecule has 0 saturated heterocycles. The Hall–Kier alpha value is 0.499. The van der Waals surface area contributed by atoms with Crippen molar-refractivity contribution in [3.05, 3.63) is 10.2 Å². The van der Waals surface area contributed by atoms with E-state index in [2.05, 4.69) is 37.9 Å². The van der Waals surface area contributed by atoms with Gasteiger partial charge in [-0.25, -0.2) is 0 Å². The van der Waals surface area contributed by atoms with Crippen molar-refractivity contribution in [2.45, 2.75) is 131 Å². The van der Waals surface area contributed by atoms with E-state index in [4.69, 9.17) is 0 Å². The van der Waals surface area contributed by atoms with Gasteiger partial charge < -0.3 is 0 Å². The summed E-state index contributed by atoms with van der Waals surface area (Å²) in [5, 5.41) is 10.4. The first-order valence-electron chi connectivity index (χ1n) is 11.5. The molecule has 0 aliphatic rings. The maximum atomic E-state index is 10.4. The Bertz CT molecular complexity index is 279. The van der Waals surface area contributed by atoms with E-state index in [0.29, 0.717) is 0 Å². The molecule has 1 nitrogen and oxygen atoms in total. The zero-order valence-corrected chi connectivity index (χ0v) is 20.8. The van der Waals surface area contributed by atoms with Crippen LogP contribution in [0.15, 0.2) is 10.2 Å². The molecule has 2 heteroatoms. The van der Waals surface area contributed by atoms with E-state index in [-0.39, 0.29) is 6.10 Å². The van der Waals surface area contributed by atoms with Crippen molar-refractivity contribution >= 4 is 18.4 Å². The Morgan fingerprint density at radius 1 is 0.640 bits per heavy atom. The van der Waals surface area contributed by atoms with Crippen LogP contribution >= 0.6 is 0 Å². The van der Waals surface area contributed by atoms with Gasteiger partial charge in [0, 0.05) is 0 Å². The van der Waals surface area contributed by atoms with Crippen LogP contribution in [0.3, 0.4) is 0 Å². The third-order valence-electron chi connectivity index (χ3n) is 5.61. The summed E-state index contributed by atoms with van der Waals surface area (Å²) < 4.78 is 7.15. The number of unbranched alkanes of at least 4 members (excludes halogenated alkanes) is 8. The monoisotopic (exact) mass is 460 g/mol. The second-order valence-electron chi connectivity index (χ2n) is 8.16. The third kappa shape index (κ3) is 14.3. The maximum absolute atomic E-state index is 10.4. The van der Waals surface area contributed by atoms with E-state index in [1.54, 1.807) is 0 Å². The summed E-state index contributed by atoms with van der Waals surface area (Å²) in [6, 6.07) is 0. The number of aliphatic hydroxyl groups is 1. The van der Waals surface area contributed by atoms with E-state index < -0.39 is 18.4 Å². The molecule has 0 aliphatic heterocycles. The second kappa shape index (κ2) is 17.9. The first kappa shape index (κ1) is 25.5. The minimum atomic E-state index is -2.18. The third-order valence-corrected chi connectivity index (χ3v) is 19.7. The van der Waals surface area contributed by atoms with Gasteiger partial charge in [0.15, 0.2) is 0 Å². The van der Waals surface area contributed by atoms with Crippen molar-refractivity contribution in [2.75, 3.05) is 0 Å². The first-order valence-corrected chi connectivity index (χ1v) is 19.2. The van der Waals surface area contributed by atoms with Crippen LogP contribution in [0.4, 0.5) is 0 Å². The SMILES string of the molecule is CCCCCCCC[C@H](O)/C=[CH]/[Sn]([CH2]CCC)([CH2]CCC)[CH2]CCC. The standard InChI is InChI=1S/C11H21O.3C4H9.Sn/c1-3-5-6-7-8-9-10-11(12)4-2;3*1-3-4-2;/h2,4,11-12H,3,5-10H2,1H3;3*1,3-4H2,2H3;/t11-;;;;/m1..../s1. The zero-order valence-electron chi connectivity index (χ0n) is 18.0. The van der Waals surface area contributed by atoms with Crippen LogP contribution in [-0.2, 0) is 0 Å². The first-order chi connectivity index (χ1) is 12.1. The van der Waals surface area contributed by atoms with Crippen LogP contribution in [-0.4, -0.2) is 29.6 Å². The predicted molar refractivity (Wildman–Crippen MR) is 118 cm³/mol. The van der Waals surface area contributed by atoms with Crippen molar-refractivity contribution in [2.24, 2.45) is 0 Å². The molecular formula is C23H48OSn. The normalized spacial score (nSPS) is 13.6. The predicted octanol–water partition coefficient (Wildman–Crippen LogP) is 8.04. The molecule has 0 rings (SSSR count). The fraction of sp³-hybridized carbons (Fsp3) is 0.913. The van der Waals surface area contributed by atoms with Crippen molar-refractivity contribution in [3.8, 4) is 0 Å². The van der Waals surface area contributed by atoms with Crippen molar-refractivity contribution < 1.29 is 5.11 Å². The Morgan fingerprint density at radius 2 is 1.08 bits per heavy atom. The Morgan fingerprint density at radius 3 is 1.56 bits per heavy atom. The van der Waals surface area contributed by atoms with Crippen LogP contribution in [0, 0.1) is 0 Å². The quantitative estimate of drug-likeness (QED) is 0.162. The molecule has 25 heavy (non-hydrogen) atoms. The van der Waals surface area contributed by atoms with E-state index in [1.807, 2.05) is 0 Å². The average Bonchev–Trinajstić information content (AvgIpc) is 2.63. The fourth-order valence-electron chi connectivity index (χ4n) is 3.76. The summed E-state index contributed by atoms with van der Waals surface area (Å²) in [7, 11) is 0. The van der Waals surface area contributed by atoms with Crippen LogP contribution in [0.5, 0.6) is 0 Å². The van der Waals surface area contributed by atoms with Crippen molar-refractivity contribution in [3.63, 3.8) is 0 Å². The summed E-state index contributed by atoms with van der Waals surface area (Å²) in [5.41, 5.74) is 0. The molecule has 0 heterocycles. The molecule has 0 amide bonds. The van der Waals surface area contributed by atoms with Gasteiger partial charge in [-0.3, -0.25) is 0 Å². The van der Waals surface area contributed by atoms with E-state index >= 15 is 0 Å². The molecule has 0 radical (unpaired) electrons. The molecule has 1 atom stereocenters. The Labute approximate surface area is 163 Å². The summed E-state index contributed by atoms with van der Waals surface area (Å²) in [4.78, 5) is 0. The van der Waals surface area contributed by atoms with E-state index in [1.165, 1.54) is 90.4 Å². The minimum absolute atomic E-state index is 0.188. The molecule has 0 unspecified atom stereocenters. The van der Waals surface area contributed by atoms with Gasteiger partial charge >= 0.3 is 164 Å². The van der Waals surface area contributed by atoms with Crippen LogP contribution in [0.2, 0.25) is 13.3 Å². The number of hydrogen-bond donors (Lipinski definition) is 1. The topological polar surface area (TPSA) is 20.2 Å². The molecule has 150 valence electrons. The van der Waals surface area contributed by atoms with Gasteiger partial charge in [-0.15, -0.1) is 0 Å². The van der Waals surface area contributed by atoms with E-state index in [0.717, 1.165) is 6.42 Å². The molecule has 0 saturated carbocycles. The summed E-state index contributed by atoms with van der Waals surface area (Å²) in [5.74, 6) is 0. The van der Waals surface area contributed by atoms with Crippen LogP contribution in [0.1, 0.15) is 111 Å². The van der Waals surface area contributed by atoms with Crippen LogP contribution < -0.4 is 0 Å². The molecular weight excluding hydrogens is 411 g/mol. The van der Waals surface area contributed by atoms with E-state index in [9.17, 15) is 5.11 Å². The molecule has 0 aromatic carbocycles. The molecule has 0 bridgehead atoms. The molecule has 0 aromatic rings. The summed E-state index contributed by atoms with van der Waals surface area (Å²) in [6.45, 7) is 9.25. The molecule has 0 fully saturated rings. The molecule has 1 N–H and O–H groups in total. The van der Waals surface area contributed by atoms with Gasteiger partial charge in [0.25, 0.3) is 0 Å². The van der Waals surface area contributed by atoms with Crippen LogP contribution in [0.25, 0.3) is 0 Å². The van der Waals surface area contributed by atoms with Gasteiger partial charge in [0.1, 0.15) is 0 Å². The van der Waals surface area contributed by atoms with Gasteiger partial charge in [0.2, 0.25) is 0 Å². The number of rotatable bonds is 18. The Balaban J connectivity index is 4.52. The zero-order chi connectivity index (χ0) is 18.8. The summed E-state index contributed by atoms with van der Waals surface area (Å²) >= 11 is -2.18. The molecule has 0 aromatic heterocycles. The van der Waals surface area contributed by atoms with Gasteiger partial charge in [-0.05, 0) is 0 Å². The van der Waals surface area contributed by atoms with Crippen molar-refractivity contribution in [1.29, 1.82) is 0 Å². The number of hydrogen-bond acceptors (Lipinski definition) is 1. The van der Waals surface area contributed by atoms with Gasteiger partial charge in [-0.1, -0.05) is 0 Å². The Kier molecular flexibility index (Phi) is 18.2. The fourth-order valence-corrected chi connectivity index (χ4v) is 18.2. The molecule has 0 aliphatic carbocycles. The second-order valence-corrected chi connectivity index (χ2v) is 21.2. The van der Waals surface area contributed by atoms with Gasteiger partial charge in [0.05, 0.1) is 0 Å². The summed E-state index contributed by atoms with van der Waals surface area (Å²) in [6.07, 6.45) is 19.1. The van der Waals surface area contributed by atoms with Gasteiger partial charge in [-0.2, -0.15) is 0 Å². The average molecular weight is 459 g/mol. The molecule has 0 spiro atoms.